The van der Waals surface area contributed by atoms with Crippen LogP contribution in [0.3, 0.4) is 0 Å². The smallest absolute Gasteiger partial charge is 0.204 e. The van der Waals surface area contributed by atoms with Gasteiger partial charge in [0.1, 0.15) is 11.3 Å². The summed E-state index contributed by atoms with van der Waals surface area (Å²) in [6, 6.07) is 28.8. The topological polar surface area (TPSA) is 43.0 Å². The zero-order valence-corrected chi connectivity index (χ0v) is 14.8. The van der Waals surface area contributed by atoms with E-state index in [1.165, 1.54) is 5.56 Å². The highest BCUT2D eigenvalue weighted by Gasteiger charge is 2.12. The summed E-state index contributed by atoms with van der Waals surface area (Å²) in [6.07, 6.45) is 0. The third kappa shape index (κ3) is 3.06. The van der Waals surface area contributed by atoms with Crippen molar-refractivity contribution in [3.8, 4) is 0 Å². The molecule has 0 aliphatic carbocycles. The second-order valence-corrected chi connectivity index (χ2v) is 6.60. The molecule has 0 amide bonds. The van der Waals surface area contributed by atoms with Gasteiger partial charge in [0.25, 0.3) is 0 Å². The van der Waals surface area contributed by atoms with E-state index in [9.17, 15) is 0 Å². The van der Waals surface area contributed by atoms with Gasteiger partial charge >= 0.3 is 0 Å². The average Bonchev–Trinajstić information content (AvgIpc) is 3.28. The maximum Gasteiger partial charge on any atom is 0.204 e. The van der Waals surface area contributed by atoms with Crippen molar-refractivity contribution in [3.05, 3.63) is 96.3 Å². The molecular weight excluding hydrogens is 334 g/mol. The Bertz CT molecular complexity index is 1170. The second kappa shape index (κ2) is 6.65. The van der Waals surface area contributed by atoms with Crippen LogP contribution in [0.15, 0.2) is 89.3 Å². The van der Waals surface area contributed by atoms with Crippen LogP contribution in [0, 0.1) is 0 Å². The molecule has 5 rings (SSSR count). The molecule has 5 aromatic rings. The van der Waals surface area contributed by atoms with Gasteiger partial charge in [0.2, 0.25) is 5.95 Å². The van der Waals surface area contributed by atoms with Gasteiger partial charge in [-0.05, 0) is 29.8 Å². The van der Waals surface area contributed by atoms with E-state index in [0.717, 1.165) is 40.3 Å². The van der Waals surface area contributed by atoms with Crippen LogP contribution in [0.2, 0.25) is 0 Å². The molecule has 27 heavy (non-hydrogen) atoms. The van der Waals surface area contributed by atoms with E-state index in [-0.39, 0.29) is 0 Å². The van der Waals surface area contributed by atoms with Crippen molar-refractivity contribution in [2.75, 3.05) is 5.32 Å². The number of hydrogen-bond acceptors (Lipinski definition) is 3. The van der Waals surface area contributed by atoms with Crippen molar-refractivity contribution in [1.29, 1.82) is 0 Å². The van der Waals surface area contributed by atoms with Gasteiger partial charge in [0.05, 0.1) is 24.1 Å². The van der Waals surface area contributed by atoms with E-state index in [4.69, 9.17) is 9.40 Å². The lowest BCUT2D eigenvalue weighted by molar-refractivity contribution is 0.558. The Labute approximate surface area is 157 Å². The number of hydrogen-bond donors (Lipinski definition) is 1. The summed E-state index contributed by atoms with van der Waals surface area (Å²) >= 11 is 0. The Kier molecular flexibility index (Phi) is 3.87. The molecule has 0 saturated carbocycles. The van der Waals surface area contributed by atoms with E-state index in [1.807, 2.05) is 36.4 Å². The fourth-order valence-electron chi connectivity index (χ4n) is 3.43. The van der Waals surface area contributed by atoms with E-state index in [2.05, 4.69) is 58.4 Å². The summed E-state index contributed by atoms with van der Waals surface area (Å²) in [7, 11) is 0. The molecule has 0 atom stereocenters. The van der Waals surface area contributed by atoms with Crippen LogP contribution in [0.4, 0.5) is 5.95 Å². The van der Waals surface area contributed by atoms with Gasteiger partial charge in [-0.25, -0.2) is 4.98 Å². The molecule has 0 radical (unpaired) electrons. The van der Waals surface area contributed by atoms with Crippen LogP contribution >= 0.6 is 0 Å². The SMILES string of the molecule is c1ccc(Cn2c(NCc3cc4ccccc4o3)nc3ccccc32)cc1. The Hall–Kier alpha value is -3.53. The lowest BCUT2D eigenvalue weighted by atomic mass is 10.2. The molecule has 3 aromatic carbocycles. The summed E-state index contributed by atoms with van der Waals surface area (Å²) in [4.78, 5) is 4.79. The first-order valence-corrected chi connectivity index (χ1v) is 9.07. The number of rotatable bonds is 5. The first-order chi connectivity index (χ1) is 13.4. The molecule has 0 aliphatic heterocycles. The number of aromatic nitrogens is 2. The summed E-state index contributed by atoms with van der Waals surface area (Å²) in [6.45, 7) is 1.36. The lowest BCUT2D eigenvalue weighted by Gasteiger charge is -2.10. The zero-order valence-electron chi connectivity index (χ0n) is 14.8. The van der Waals surface area contributed by atoms with Crippen molar-refractivity contribution < 1.29 is 4.42 Å². The molecule has 0 aliphatic rings. The van der Waals surface area contributed by atoms with E-state index in [0.29, 0.717) is 6.54 Å². The fraction of sp³-hybridized carbons (Fsp3) is 0.0870. The second-order valence-electron chi connectivity index (χ2n) is 6.60. The molecule has 0 bridgehead atoms. The molecule has 4 nitrogen and oxygen atoms in total. The molecule has 2 aromatic heterocycles. The molecule has 0 fully saturated rings. The average molecular weight is 353 g/mol. The highest BCUT2D eigenvalue weighted by atomic mass is 16.3. The monoisotopic (exact) mass is 353 g/mol. The number of fused-ring (bicyclic) bond motifs is 2. The Morgan fingerprint density at radius 1 is 0.852 bits per heavy atom. The molecular formula is C23H19N3O. The number of nitrogens with zero attached hydrogens (tertiary/aromatic N) is 2. The number of nitrogens with one attached hydrogen (secondary N) is 1. The van der Waals surface area contributed by atoms with Gasteiger partial charge in [0.15, 0.2) is 0 Å². The van der Waals surface area contributed by atoms with Crippen LogP contribution in [-0.4, -0.2) is 9.55 Å². The minimum Gasteiger partial charge on any atom is -0.459 e. The number of imidazole rings is 1. The van der Waals surface area contributed by atoms with E-state index in [1.54, 1.807) is 0 Å². The third-order valence-electron chi connectivity index (χ3n) is 4.74. The summed E-state index contributed by atoms with van der Waals surface area (Å²) in [5, 5.41) is 4.58. The highest BCUT2D eigenvalue weighted by Crippen LogP contribution is 2.23. The standard InChI is InChI=1S/C23H19N3O/c1-2-8-17(9-3-1)16-26-21-12-6-5-11-20(21)25-23(26)24-15-19-14-18-10-4-7-13-22(18)27-19/h1-14H,15-16H2,(H,24,25). The van der Waals surface area contributed by atoms with Crippen molar-refractivity contribution in [2.45, 2.75) is 13.1 Å². The minimum absolute atomic E-state index is 0.590. The van der Waals surface area contributed by atoms with Gasteiger partial charge < -0.3 is 14.3 Å². The summed E-state index contributed by atoms with van der Waals surface area (Å²) in [5.74, 6) is 1.75. The molecule has 0 saturated heterocycles. The Morgan fingerprint density at radius 2 is 1.63 bits per heavy atom. The number of anilines is 1. The Morgan fingerprint density at radius 3 is 2.52 bits per heavy atom. The molecule has 1 N–H and O–H groups in total. The third-order valence-corrected chi connectivity index (χ3v) is 4.74. The predicted molar refractivity (Wildman–Crippen MR) is 109 cm³/mol. The lowest BCUT2D eigenvalue weighted by Crippen LogP contribution is -2.08. The predicted octanol–water partition coefficient (Wildman–Crippen LogP) is 5.44. The van der Waals surface area contributed by atoms with E-state index >= 15 is 0 Å². The molecule has 0 unspecified atom stereocenters. The fourth-order valence-corrected chi connectivity index (χ4v) is 3.43. The maximum atomic E-state index is 5.92. The van der Waals surface area contributed by atoms with Gasteiger partial charge in [-0.15, -0.1) is 0 Å². The maximum absolute atomic E-state index is 5.92. The van der Waals surface area contributed by atoms with Crippen molar-refractivity contribution >= 4 is 28.0 Å². The van der Waals surface area contributed by atoms with Gasteiger partial charge in [0, 0.05) is 5.39 Å². The van der Waals surface area contributed by atoms with Gasteiger partial charge in [-0.3, -0.25) is 0 Å². The van der Waals surface area contributed by atoms with Crippen LogP contribution < -0.4 is 5.32 Å². The van der Waals surface area contributed by atoms with Crippen LogP contribution in [-0.2, 0) is 13.1 Å². The molecule has 0 spiro atoms. The number of para-hydroxylation sites is 3. The number of furan rings is 1. The molecule has 2 heterocycles. The Balaban J connectivity index is 1.47. The normalized spacial score (nSPS) is 11.3. The first-order valence-electron chi connectivity index (χ1n) is 9.07. The molecule has 4 heteroatoms. The largest absolute Gasteiger partial charge is 0.459 e. The van der Waals surface area contributed by atoms with Gasteiger partial charge in [-0.2, -0.15) is 0 Å². The quantitative estimate of drug-likeness (QED) is 0.457. The number of benzene rings is 3. The zero-order chi connectivity index (χ0) is 18.1. The van der Waals surface area contributed by atoms with E-state index < -0.39 is 0 Å². The van der Waals surface area contributed by atoms with Crippen molar-refractivity contribution in [1.82, 2.24) is 9.55 Å². The van der Waals surface area contributed by atoms with Crippen LogP contribution in [0.1, 0.15) is 11.3 Å². The molecule has 132 valence electrons. The minimum atomic E-state index is 0.590. The van der Waals surface area contributed by atoms with Crippen molar-refractivity contribution in [3.63, 3.8) is 0 Å². The van der Waals surface area contributed by atoms with Crippen LogP contribution in [0.25, 0.3) is 22.0 Å². The highest BCUT2D eigenvalue weighted by molar-refractivity contribution is 5.79. The van der Waals surface area contributed by atoms with Gasteiger partial charge in [-0.1, -0.05) is 60.7 Å². The van der Waals surface area contributed by atoms with Crippen LogP contribution in [0.5, 0.6) is 0 Å². The first kappa shape index (κ1) is 15.7. The summed E-state index contributed by atoms with van der Waals surface area (Å²) in [5.41, 5.74) is 4.26. The van der Waals surface area contributed by atoms with Crippen molar-refractivity contribution in [2.24, 2.45) is 0 Å². The summed E-state index contributed by atoms with van der Waals surface area (Å²) < 4.78 is 8.14.